The number of furan rings is 1. The highest BCUT2D eigenvalue weighted by Crippen LogP contribution is 2.28. The maximum absolute atomic E-state index is 12.7. The first-order valence-corrected chi connectivity index (χ1v) is 11.8. The molecule has 0 spiro atoms. The van der Waals surface area contributed by atoms with Crippen LogP contribution in [0.1, 0.15) is 16.2 Å². The summed E-state index contributed by atoms with van der Waals surface area (Å²) in [4.78, 5) is 15.4. The van der Waals surface area contributed by atoms with Crippen molar-refractivity contribution in [3.05, 3.63) is 75.3 Å². The average molecular weight is 473 g/mol. The summed E-state index contributed by atoms with van der Waals surface area (Å²) in [5.41, 5.74) is 2.03. The van der Waals surface area contributed by atoms with Gasteiger partial charge in [-0.15, -0.1) is 21.5 Å². The molecule has 160 valence electrons. The normalized spacial score (nSPS) is 11.1. The average Bonchev–Trinajstić information content (AvgIpc) is 3.47. The van der Waals surface area contributed by atoms with Crippen LogP contribution in [0, 0.1) is 6.92 Å². The number of carbonyl (C=O) groups is 1. The summed E-state index contributed by atoms with van der Waals surface area (Å²) in [6.07, 6.45) is 1.65. The van der Waals surface area contributed by atoms with E-state index in [0.717, 1.165) is 31.9 Å². The van der Waals surface area contributed by atoms with Crippen molar-refractivity contribution in [3.63, 3.8) is 0 Å². The van der Waals surface area contributed by atoms with Crippen molar-refractivity contribution in [2.75, 3.05) is 12.8 Å². The van der Waals surface area contributed by atoms with Gasteiger partial charge in [-0.2, -0.15) is 0 Å². The third-order valence-corrected chi connectivity index (χ3v) is 6.94. The zero-order valence-electron chi connectivity index (χ0n) is 17.1. The third-order valence-electron chi connectivity index (χ3n) is 4.77. The Morgan fingerprint density at radius 1 is 1.19 bits per heavy atom. The van der Waals surface area contributed by atoms with Gasteiger partial charge in [-0.3, -0.25) is 9.36 Å². The lowest BCUT2D eigenvalue weighted by molar-refractivity contribution is -0.127. The first kappa shape index (κ1) is 21.7. The Morgan fingerprint density at radius 3 is 2.68 bits per heavy atom. The molecule has 0 aliphatic carbocycles. The molecule has 9 heteroatoms. The molecule has 0 N–H and O–H groups in total. The molecule has 0 unspecified atom stereocenters. The summed E-state index contributed by atoms with van der Waals surface area (Å²) in [7, 11) is 1.80. The maximum Gasteiger partial charge on any atom is 0.233 e. The van der Waals surface area contributed by atoms with Crippen LogP contribution in [-0.2, 0) is 17.9 Å². The van der Waals surface area contributed by atoms with Crippen LogP contribution in [0.25, 0.3) is 11.4 Å². The van der Waals surface area contributed by atoms with Crippen molar-refractivity contribution in [2.24, 2.45) is 0 Å². The second-order valence-corrected chi connectivity index (χ2v) is 9.75. The van der Waals surface area contributed by atoms with Crippen molar-refractivity contribution >= 4 is 40.6 Å². The molecular weight excluding hydrogens is 452 g/mol. The number of hydrogen-bond acceptors (Lipinski definition) is 6. The fourth-order valence-electron chi connectivity index (χ4n) is 3.12. The van der Waals surface area contributed by atoms with Gasteiger partial charge in [0.25, 0.3) is 0 Å². The standard InChI is InChI=1S/C22H21ClN4O2S2/c1-15-18(10-11-29-15)21-24-25-22(27(21)12-16-6-4-3-5-7-16)30-14-20(28)26(2)13-17-8-9-19(23)31-17/h3-11H,12-14H2,1-2H3. The van der Waals surface area contributed by atoms with E-state index in [4.69, 9.17) is 16.0 Å². The van der Waals surface area contributed by atoms with Gasteiger partial charge in [0.1, 0.15) is 5.76 Å². The van der Waals surface area contributed by atoms with E-state index >= 15 is 0 Å². The zero-order chi connectivity index (χ0) is 21.8. The van der Waals surface area contributed by atoms with E-state index in [2.05, 4.69) is 22.3 Å². The van der Waals surface area contributed by atoms with E-state index in [9.17, 15) is 4.79 Å². The molecule has 0 bridgehead atoms. The van der Waals surface area contributed by atoms with Gasteiger partial charge in [0.05, 0.1) is 35.0 Å². The summed E-state index contributed by atoms with van der Waals surface area (Å²) in [6, 6.07) is 15.8. The maximum atomic E-state index is 12.7. The van der Waals surface area contributed by atoms with Crippen LogP contribution in [0.5, 0.6) is 0 Å². The molecule has 3 heterocycles. The Morgan fingerprint density at radius 2 is 2.00 bits per heavy atom. The molecule has 0 radical (unpaired) electrons. The van der Waals surface area contributed by atoms with Crippen LogP contribution in [0.2, 0.25) is 4.34 Å². The van der Waals surface area contributed by atoms with Crippen molar-refractivity contribution in [3.8, 4) is 11.4 Å². The summed E-state index contributed by atoms with van der Waals surface area (Å²) >= 11 is 8.86. The van der Waals surface area contributed by atoms with Gasteiger partial charge in [0.2, 0.25) is 5.91 Å². The first-order valence-electron chi connectivity index (χ1n) is 9.64. The third kappa shape index (κ3) is 5.20. The lowest BCUT2D eigenvalue weighted by atomic mass is 10.2. The number of thioether (sulfide) groups is 1. The predicted octanol–water partition coefficient (Wildman–Crippen LogP) is 5.36. The van der Waals surface area contributed by atoms with Gasteiger partial charge in [-0.1, -0.05) is 53.7 Å². The molecule has 6 nitrogen and oxygen atoms in total. The smallest absolute Gasteiger partial charge is 0.233 e. The van der Waals surface area contributed by atoms with Crippen LogP contribution in [0.3, 0.4) is 0 Å². The van der Waals surface area contributed by atoms with Crippen LogP contribution >= 0.6 is 34.7 Å². The Balaban J connectivity index is 1.51. The SMILES string of the molecule is Cc1occc1-c1nnc(SCC(=O)N(C)Cc2ccc(Cl)s2)n1Cc1ccccc1. The topological polar surface area (TPSA) is 64.2 Å². The number of aromatic nitrogens is 3. The van der Waals surface area contributed by atoms with Crippen molar-refractivity contribution in [1.29, 1.82) is 0 Å². The van der Waals surface area contributed by atoms with E-state index in [1.807, 2.05) is 47.9 Å². The summed E-state index contributed by atoms with van der Waals surface area (Å²) < 4.78 is 8.22. The lowest BCUT2D eigenvalue weighted by Gasteiger charge is -2.16. The molecule has 4 rings (SSSR count). The van der Waals surface area contributed by atoms with E-state index in [1.54, 1.807) is 18.2 Å². The van der Waals surface area contributed by atoms with Crippen LogP contribution in [0.15, 0.2) is 64.4 Å². The van der Waals surface area contributed by atoms with E-state index in [0.29, 0.717) is 18.2 Å². The van der Waals surface area contributed by atoms with Gasteiger partial charge < -0.3 is 9.32 Å². The molecule has 0 aliphatic rings. The molecule has 0 saturated carbocycles. The van der Waals surface area contributed by atoms with E-state index in [1.165, 1.54) is 23.1 Å². The fourth-order valence-corrected chi connectivity index (χ4v) is 5.13. The fraction of sp³-hybridized carbons (Fsp3) is 0.227. The Hall–Kier alpha value is -2.55. The Labute approximate surface area is 193 Å². The van der Waals surface area contributed by atoms with Crippen LogP contribution < -0.4 is 0 Å². The number of benzene rings is 1. The first-order chi connectivity index (χ1) is 15.0. The van der Waals surface area contributed by atoms with E-state index < -0.39 is 0 Å². The van der Waals surface area contributed by atoms with Gasteiger partial charge in [0, 0.05) is 11.9 Å². The molecule has 0 atom stereocenters. The Kier molecular flexibility index (Phi) is 6.80. The second kappa shape index (κ2) is 9.72. The van der Waals surface area contributed by atoms with Crippen molar-refractivity contribution in [1.82, 2.24) is 19.7 Å². The number of aryl methyl sites for hydroxylation is 1. The minimum absolute atomic E-state index is 0.0184. The summed E-state index contributed by atoms with van der Waals surface area (Å²) in [5, 5.41) is 9.47. The minimum atomic E-state index is 0.0184. The number of hydrogen-bond donors (Lipinski definition) is 0. The molecule has 1 amide bonds. The second-order valence-electron chi connectivity index (χ2n) is 7.01. The number of rotatable bonds is 8. The highest BCUT2D eigenvalue weighted by molar-refractivity contribution is 7.99. The predicted molar refractivity (Wildman–Crippen MR) is 125 cm³/mol. The van der Waals surface area contributed by atoms with Crippen molar-refractivity contribution < 1.29 is 9.21 Å². The van der Waals surface area contributed by atoms with Crippen LogP contribution in [0.4, 0.5) is 0 Å². The van der Waals surface area contributed by atoms with E-state index in [-0.39, 0.29) is 11.7 Å². The molecular formula is C22H21ClN4O2S2. The molecule has 31 heavy (non-hydrogen) atoms. The highest BCUT2D eigenvalue weighted by Gasteiger charge is 2.19. The quantitative estimate of drug-likeness (QED) is 0.323. The number of nitrogens with zero attached hydrogens (tertiary/aromatic N) is 4. The summed E-state index contributed by atoms with van der Waals surface area (Å²) in [5.74, 6) is 1.80. The number of halogens is 1. The molecule has 0 fully saturated rings. The lowest BCUT2D eigenvalue weighted by Crippen LogP contribution is -2.27. The molecule has 0 saturated heterocycles. The molecule has 1 aromatic carbocycles. The Bertz CT molecular complexity index is 1170. The van der Waals surface area contributed by atoms with Gasteiger partial charge in [-0.05, 0) is 30.7 Å². The van der Waals surface area contributed by atoms with Gasteiger partial charge >= 0.3 is 0 Å². The molecule has 4 aromatic rings. The molecule has 0 aliphatic heterocycles. The minimum Gasteiger partial charge on any atom is -0.469 e. The molecule has 3 aromatic heterocycles. The van der Waals surface area contributed by atoms with Crippen LogP contribution in [-0.4, -0.2) is 38.4 Å². The van der Waals surface area contributed by atoms with Gasteiger partial charge in [-0.25, -0.2) is 0 Å². The largest absolute Gasteiger partial charge is 0.469 e. The number of amides is 1. The monoisotopic (exact) mass is 472 g/mol. The van der Waals surface area contributed by atoms with Gasteiger partial charge in [0.15, 0.2) is 11.0 Å². The highest BCUT2D eigenvalue weighted by atomic mass is 35.5. The number of carbonyl (C=O) groups excluding carboxylic acids is 1. The number of thiophene rings is 1. The van der Waals surface area contributed by atoms with Crippen molar-refractivity contribution in [2.45, 2.75) is 25.2 Å². The zero-order valence-corrected chi connectivity index (χ0v) is 19.5. The summed E-state index contributed by atoms with van der Waals surface area (Å²) in [6.45, 7) is 3.04.